The van der Waals surface area contributed by atoms with E-state index in [9.17, 15) is 4.79 Å². The van der Waals surface area contributed by atoms with E-state index in [0.29, 0.717) is 11.9 Å². The zero-order valence-electron chi connectivity index (χ0n) is 10.4. The molecule has 92 valence electrons. The first kappa shape index (κ1) is 11.9. The van der Waals surface area contributed by atoms with Crippen molar-refractivity contribution in [2.75, 3.05) is 10.6 Å². The molecule has 0 bridgehead atoms. The molecule has 2 rings (SSSR count). The Labute approximate surface area is 102 Å². The number of nitrogens with one attached hydrogen (secondary N) is 2. The monoisotopic (exact) mass is 233 g/mol. The van der Waals surface area contributed by atoms with Crippen LogP contribution in [0, 0.1) is 5.92 Å². The van der Waals surface area contributed by atoms with Gasteiger partial charge in [-0.2, -0.15) is 0 Å². The maximum absolute atomic E-state index is 11.5. The van der Waals surface area contributed by atoms with Crippen molar-refractivity contribution in [3.63, 3.8) is 0 Å². The maximum Gasteiger partial charge on any atom is 0.228 e. The van der Waals surface area contributed by atoms with Crippen LogP contribution in [-0.2, 0) is 4.79 Å². The molecule has 1 aliphatic carbocycles. The summed E-state index contributed by atoms with van der Waals surface area (Å²) in [5.41, 5.74) is 0.990. The van der Waals surface area contributed by atoms with Crippen LogP contribution in [0.1, 0.15) is 33.1 Å². The number of carbonyl (C=O) groups is 1. The van der Waals surface area contributed by atoms with Crippen LogP contribution in [0.4, 0.5) is 11.5 Å². The van der Waals surface area contributed by atoms with Crippen LogP contribution in [0.5, 0.6) is 0 Å². The van der Waals surface area contributed by atoms with Gasteiger partial charge in [-0.3, -0.25) is 4.79 Å². The van der Waals surface area contributed by atoms with Gasteiger partial charge in [0, 0.05) is 12.0 Å². The van der Waals surface area contributed by atoms with Crippen molar-refractivity contribution in [1.29, 1.82) is 0 Å². The largest absolute Gasteiger partial charge is 0.381 e. The number of carbonyl (C=O) groups excluding carboxylic acids is 1. The van der Waals surface area contributed by atoms with Gasteiger partial charge in [0.05, 0.1) is 11.9 Å². The second-order valence-corrected chi connectivity index (χ2v) is 4.65. The minimum atomic E-state index is 0.0973. The smallest absolute Gasteiger partial charge is 0.228 e. The van der Waals surface area contributed by atoms with E-state index in [2.05, 4.69) is 29.5 Å². The molecule has 4 heteroatoms. The molecule has 1 aliphatic rings. The number of anilines is 2. The minimum Gasteiger partial charge on any atom is -0.381 e. The predicted octanol–water partition coefficient (Wildman–Crippen LogP) is 2.64. The second-order valence-electron chi connectivity index (χ2n) is 4.65. The number of nitrogens with zero attached hydrogens (tertiary/aromatic N) is 1. The highest BCUT2D eigenvalue weighted by molar-refractivity contribution is 5.93. The summed E-state index contributed by atoms with van der Waals surface area (Å²) >= 11 is 0. The van der Waals surface area contributed by atoms with E-state index in [-0.39, 0.29) is 11.8 Å². The third kappa shape index (κ3) is 3.44. The molecular weight excluding hydrogens is 214 g/mol. The summed E-state index contributed by atoms with van der Waals surface area (Å²) < 4.78 is 0. The first-order valence-corrected chi connectivity index (χ1v) is 6.22. The zero-order chi connectivity index (χ0) is 12.3. The summed E-state index contributed by atoms with van der Waals surface area (Å²) in [7, 11) is 0. The van der Waals surface area contributed by atoms with Crippen molar-refractivity contribution < 1.29 is 4.79 Å². The topological polar surface area (TPSA) is 54.0 Å². The standard InChI is InChI=1S/C13H19N3O/c1-3-9(2)15-11-6-7-12(14-8-11)16-13(17)10-4-5-10/h6-10,15H,3-5H2,1-2H3,(H,14,16,17). The highest BCUT2D eigenvalue weighted by Gasteiger charge is 2.29. The Morgan fingerprint density at radius 2 is 2.29 bits per heavy atom. The molecule has 1 unspecified atom stereocenters. The fourth-order valence-electron chi connectivity index (χ4n) is 1.51. The van der Waals surface area contributed by atoms with Gasteiger partial charge in [-0.15, -0.1) is 0 Å². The summed E-state index contributed by atoms with van der Waals surface area (Å²) in [6.07, 6.45) is 4.85. The van der Waals surface area contributed by atoms with Crippen LogP contribution in [-0.4, -0.2) is 16.9 Å². The molecule has 1 fully saturated rings. The van der Waals surface area contributed by atoms with Gasteiger partial charge >= 0.3 is 0 Å². The molecule has 1 aromatic rings. The van der Waals surface area contributed by atoms with Crippen LogP contribution in [0.2, 0.25) is 0 Å². The molecule has 1 atom stereocenters. The van der Waals surface area contributed by atoms with Gasteiger partial charge in [0.1, 0.15) is 5.82 Å². The molecule has 4 nitrogen and oxygen atoms in total. The number of pyridine rings is 1. The second kappa shape index (κ2) is 5.17. The van der Waals surface area contributed by atoms with E-state index in [1.807, 2.05) is 12.1 Å². The third-order valence-electron chi connectivity index (χ3n) is 2.99. The van der Waals surface area contributed by atoms with Crippen molar-refractivity contribution in [3.05, 3.63) is 18.3 Å². The van der Waals surface area contributed by atoms with Gasteiger partial charge < -0.3 is 10.6 Å². The van der Waals surface area contributed by atoms with Crippen molar-refractivity contribution in [1.82, 2.24) is 4.98 Å². The molecule has 1 heterocycles. The summed E-state index contributed by atoms with van der Waals surface area (Å²) in [6.45, 7) is 4.26. The van der Waals surface area contributed by atoms with Crippen molar-refractivity contribution in [2.45, 2.75) is 39.2 Å². The van der Waals surface area contributed by atoms with Crippen LogP contribution < -0.4 is 10.6 Å². The maximum atomic E-state index is 11.5. The molecule has 0 radical (unpaired) electrons. The number of hydrogen-bond acceptors (Lipinski definition) is 3. The Morgan fingerprint density at radius 3 is 2.82 bits per heavy atom. The fourth-order valence-corrected chi connectivity index (χ4v) is 1.51. The average Bonchev–Trinajstić information content (AvgIpc) is 3.15. The van der Waals surface area contributed by atoms with Gasteiger partial charge in [-0.05, 0) is 38.3 Å². The number of amides is 1. The highest BCUT2D eigenvalue weighted by atomic mass is 16.2. The van der Waals surface area contributed by atoms with E-state index < -0.39 is 0 Å². The predicted molar refractivity (Wildman–Crippen MR) is 69.0 cm³/mol. The van der Waals surface area contributed by atoms with Crippen LogP contribution in [0.15, 0.2) is 18.3 Å². The molecular formula is C13H19N3O. The lowest BCUT2D eigenvalue weighted by atomic mass is 10.2. The quantitative estimate of drug-likeness (QED) is 0.822. The van der Waals surface area contributed by atoms with Gasteiger partial charge in [-0.1, -0.05) is 6.92 Å². The van der Waals surface area contributed by atoms with Crippen LogP contribution >= 0.6 is 0 Å². The first-order valence-electron chi connectivity index (χ1n) is 6.22. The third-order valence-corrected chi connectivity index (χ3v) is 2.99. The molecule has 17 heavy (non-hydrogen) atoms. The van der Waals surface area contributed by atoms with Crippen molar-refractivity contribution in [3.8, 4) is 0 Å². The molecule has 0 spiro atoms. The van der Waals surface area contributed by atoms with Crippen molar-refractivity contribution in [2.24, 2.45) is 5.92 Å². The SMILES string of the molecule is CCC(C)Nc1ccc(NC(=O)C2CC2)nc1. The molecule has 0 aromatic carbocycles. The number of rotatable bonds is 5. The van der Waals surface area contributed by atoms with Crippen molar-refractivity contribution >= 4 is 17.4 Å². The normalized spacial score (nSPS) is 16.4. The summed E-state index contributed by atoms with van der Waals surface area (Å²) in [5, 5.41) is 6.15. The summed E-state index contributed by atoms with van der Waals surface area (Å²) in [4.78, 5) is 15.7. The Bertz CT molecular complexity index is 384. The average molecular weight is 233 g/mol. The fraction of sp³-hybridized carbons (Fsp3) is 0.538. The Kier molecular flexibility index (Phi) is 3.61. The lowest BCUT2D eigenvalue weighted by Gasteiger charge is -2.12. The van der Waals surface area contributed by atoms with E-state index in [1.54, 1.807) is 6.20 Å². The number of hydrogen-bond donors (Lipinski definition) is 2. The lowest BCUT2D eigenvalue weighted by Crippen LogP contribution is -2.15. The molecule has 0 saturated heterocycles. The molecule has 1 saturated carbocycles. The minimum absolute atomic E-state index is 0.0973. The molecule has 1 amide bonds. The van der Waals surface area contributed by atoms with E-state index in [1.165, 1.54) is 0 Å². The number of aromatic nitrogens is 1. The highest BCUT2D eigenvalue weighted by Crippen LogP contribution is 2.29. The van der Waals surface area contributed by atoms with Gasteiger partial charge in [0.2, 0.25) is 5.91 Å². The molecule has 2 N–H and O–H groups in total. The van der Waals surface area contributed by atoms with E-state index in [4.69, 9.17) is 0 Å². The summed E-state index contributed by atoms with van der Waals surface area (Å²) in [5.74, 6) is 0.950. The zero-order valence-corrected chi connectivity index (χ0v) is 10.4. The Morgan fingerprint density at radius 1 is 1.53 bits per heavy atom. The Balaban J connectivity index is 1.90. The molecule has 1 aromatic heterocycles. The Hall–Kier alpha value is -1.58. The van der Waals surface area contributed by atoms with E-state index in [0.717, 1.165) is 24.9 Å². The lowest BCUT2D eigenvalue weighted by molar-refractivity contribution is -0.117. The van der Waals surface area contributed by atoms with Crippen LogP contribution in [0.3, 0.4) is 0 Å². The first-order chi connectivity index (χ1) is 8.19. The van der Waals surface area contributed by atoms with Gasteiger partial charge in [-0.25, -0.2) is 4.98 Å². The van der Waals surface area contributed by atoms with Gasteiger partial charge in [0.15, 0.2) is 0 Å². The van der Waals surface area contributed by atoms with E-state index >= 15 is 0 Å². The van der Waals surface area contributed by atoms with Crippen LogP contribution in [0.25, 0.3) is 0 Å². The molecule has 0 aliphatic heterocycles. The summed E-state index contributed by atoms with van der Waals surface area (Å²) in [6, 6.07) is 4.22. The van der Waals surface area contributed by atoms with Gasteiger partial charge in [0.25, 0.3) is 0 Å².